The van der Waals surface area contributed by atoms with E-state index >= 15 is 0 Å². The highest BCUT2D eigenvalue weighted by molar-refractivity contribution is 6.31. The van der Waals surface area contributed by atoms with Gasteiger partial charge in [0.05, 0.1) is 34.6 Å². The van der Waals surface area contributed by atoms with Crippen LogP contribution in [0.2, 0.25) is 5.02 Å². The van der Waals surface area contributed by atoms with E-state index in [1.54, 1.807) is 12.1 Å². The quantitative estimate of drug-likeness (QED) is 0.583. The first kappa shape index (κ1) is 21.6. The molecular formula is C17H14Cl3FN4O. The molecule has 1 heterocycles. The Bertz CT molecular complexity index is 992. The average Bonchev–Trinajstić information content (AvgIpc) is 2.58. The summed E-state index contributed by atoms with van der Waals surface area (Å²) in [4.78, 5) is 4.25. The zero-order chi connectivity index (χ0) is 17.3. The van der Waals surface area contributed by atoms with E-state index < -0.39 is 5.82 Å². The Hall–Kier alpha value is -2.46. The number of nitrogens with zero attached hydrogens (tertiary/aromatic N) is 2. The van der Waals surface area contributed by atoms with Crippen LogP contribution in [0.5, 0.6) is 5.75 Å². The van der Waals surface area contributed by atoms with Crippen LogP contribution < -0.4 is 15.8 Å². The summed E-state index contributed by atoms with van der Waals surface area (Å²) >= 11 is 5.81. The third-order valence-corrected chi connectivity index (χ3v) is 3.82. The van der Waals surface area contributed by atoms with E-state index in [1.165, 1.54) is 31.5 Å². The molecule has 26 heavy (non-hydrogen) atoms. The molecule has 3 rings (SSSR count). The normalized spacial score (nSPS) is 9.62. The van der Waals surface area contributed by atoms with Gasteiger partial charge in [0.15, 0.2) is 0 Å². The maximum absolute atomic E-state index is 13.3. The molecule has 9 heteroatoms. The minimum atomic E-state index is -0.517. The van der Waals surface area contributed by atoms with E-state index in [0.29, 0.717) is 39.3 Å². The number of ether oxygens (including phenoxy) is 1. The molecule has 136 valence electrons. The van der Waals surface area contributed by atoms with Crippen LogP contribution in [0.15, 0.2) is 36.5 Å². The summed E-state index contributed by atoms with van der Waals surface area (Å²) in [6, 6.07) is 9.66. The van der Waals surface area contributed by atoms with Gasteiger partial charge in [-0.05, 0) is 24.3 Å². The standard InChI is InChI=1S/C17H12ClFN4O.2ClH/c1-24-16-6-15-11(5-14(16)21)17(9(7-20)8-22-15)23-10-2-3-13(19)12(18)4-10;;/h2-6,8H,21H2,1H3,(H,22,23);2*1H. The Labute approximate surface area is 166 Å². The molecule has 0 aliphatic carbocycles. The number of aromatic nitrogens is 1. The van der Waals surface area contributed by atoms with Gasteiger partial charge in [-0.25, -0.2) is 4.39 Å². The van der Waals surface area contributed by atoms with Gasteiger partial charge in [0.2, 0.25) is 0 Å². The third-order valence-electron chi connectivity index (χ3n) is 3.53. The number of benzene rings is 2. The number of nitrogens with two attached hydrogens (primary N) is 1. The number of hydrogen-bond acceptors (Lipinski definition) is 5. The summed E-state index contributed by atoms with van der Waals surface area (Å²) in [5.41, 5.74) is 8.37. The van der Waals surface area contributed by atoms with Crippen LogP contribution in [-0.2, 0) is 0 Å². The van der Waals surface area contributed by atoms with Crippen LogP contribution in [0.3, 0.4) is 0 Å². The van der Waals surface area contributed by atoms with E-state index in [-0.39, 0.29) is 29.8 Å². The van der Waals surface area contributed by atoms with Crippen LogP contribution in [-0.4, -0.2) is 12.1 Å². The SMILES string of the molecule is COc1cc2ncc(C#N)c(Nc3ccc(F)c(Cl)c3)c2cc1N.Cl.Cl. The van der Waals surface area contributed by atoms with Crippen molar-refractivity contribution in [3.05, 3.63) is 52.9 Å². The summed E-state index contributed by atoms with van der Waals surface area (Å²) in [5.74, 6) is -0.0215. The summed E-state index contributed by atoms with van der Waals surface area (Å²) < 4.78 is 18.5. The lowest BCUT2D eigenvalue weighted by Crippen LogP contribution is -1.99. The third kappa shape index (κ3) is 4.02. The smallest absolute Gasteiger partial charge is 0.143 e. The van der Waals surface area contributed by atoms with Gasteiger partial charge < -0.3 is 15.8 Å². The predicted octanol–water partition coefficient (Wildman–Crippen LogP) is 5.08. The molecule has 0 aliphatic rings. The molecule has 0 fully saturated rings. The number of hydrogen-bond donors (Lipinski definition) is 2. The van der Waals surface area contributed by atoms with Gasteiger partial charge in [0.25, 0.3) is 0 Å². The molecule has 0 radical (unpaired) electrons. The van der Waals surface area contributed by atoms with Gasteiger partial charge in [-0.15, -0.1) is 24.8 Å². The molecule has 0 unspecified atom stereocenters. The minimum absolute atomic E-state index is 0. The molecule has 3 N–H and O–H groups in total. The van der Waals surface area contributed by atoms with Gasteiger partial charge in [-0.1, -0.05) is 11.6 Å². The number of anilines is 3. The van der Waals surface area contributed by atoms with E-state index in [0.717, 1.165) is 0 Å². The van der Waals surface area contributed by atoms with Gasteiger partial charge in [-0.3, -0.25) is 4.98 Å². The van der Waals surface area contributed by atoms with Crippen LogP contribution in [0, 0.1) is 17.1 Å². The molecule has 5 nitrogen and oxygen atoms in total. The van der Waals surface area contributed by atoms with E-state index in [9.17, 15) is 9.65 Å². The number of nitrogens with one attached hydrogen (secondary N) is 1. The molecule has 2 aromatic carbocycles. The molecule has 0 saturated carbocycles. The number of halogens is 4. The highest BCUT2D eigenvalue weighted by Gasteiger charge is 2.13. The van der Waals surface area contributed by atoms with Crippen LogP contribution in [0.4, 0.5) is 21.5 Å². The Kier molecular flexibility index (Phi) is 7.28. The topological polar surface area (TPSA) is 84.0 Å². The molecule has 0 saturated heterocycles. The molecule has 0 atom stereocenters. The highest BCUT2D eigenvalue weighted by Crippen LogP contribution is 2.34. The van der Waals surface area contributed by atoms with Gasteiger partial charge in [-0.2, -0.15) is 5.26 Å². The number of methoxy groups -OCH3 is 1. The lowest BCUT2D eigenvalue weighted by atomic mass is 10.1. The van der Waals surface area contributed by atoms with Gasteiger partial charge in [0, 0.05) is 23.3 Å². The average molecular weight is 416 g/mol. The van der Waals surface area contributed by atoms with E-state index in [4.69, 9.17) is 22.1 Å². The number of pyridine rings is 1. The second-order valence-electron chi connectivity index (χ2n) is 5.02. The number of nitrogen functional groups attached to an aromatic ring is 1. The second-order valence-corrected chi connectivity index (χ2v) is 5.43. The van der Waals surface area contributed by atoms with Crippen LogP contribution in [0.1, 0.15) is 5.56 Å². The second kappa shape index (κ2) is 8.77. The van der Waals surface area contributed by atoms with E-state index in [1.807, 2.05) is 0 Å². The van der Waals surface area contributed by atoms with Crippen molar-refractivity contribution in [1.29, 1.82) is 5.26 Å². The molecule has 3 aromatic rings. The van der Waals surface area contributed by atoms with Crippen molar-refractivity contribution in [2.75, 3.05) is 18.2 Å². The van der Waals surface area contributed by atoms with Crippen molar-refractivity contribution in [3.8, 4) is 11.8 Å². The first-order valence-electron chi connectivity index (χ1n) is 6.92. The largest absolute Gasteiger partial charge is 0.495 e. The Balaban J connectivity index is 0.00000169. The molecule has 0 aliphatic heterocycles. The molecular weight excluding hydrogens is 402 g/mol. The lowest BCUT2D eigenvalue weighted by Gasteiger charge is -2.13. The highest BCUT2D eigenvalue weighted by atomic mass is 35.5. The minimum Gasteiger partial charge on any atom is -0.495 e. The number of nitriles is 1. The van der Waals surface area contributed by atoms with Crippen molar-refractivity contribution >= 4 is 64.4 Å². The van der Waals surface area contributed by atoms with Gasteiger partial charge in [0.1, 0.15) is 17.6 Å². The molecule has 0 amide bonds. The fourth-order valence-electron chi connectivity index (χ4n) is 2.35. The zero-order valence-corrected chi connectivity index (χ0v) is 15.8. The Morgan fingerprint density at radius 3 is 2.62 bits per heavy atom. The van der Waals surface area contributed by atoms with Crippen molar-refractivity contribution < 1.29 is 9.13 Å². The van der Waals surface area contributed by atoms with Gasteiger partial charge >= 0.3 is 0 Å². The Morgan fingerprint density at radius 2 is 2.00 bits per heavy atom. The fraction of sp³-hybridized carbons (Fsp3) is 0.0588. The molecule has 0 spiro atoms. The Morgan fingerprint density at radius 1 is 1.27 bits per heavy atom. The van der Waals surface area contributed by atoms with Crippen LogP contribution >= 0.6 is 36.4 Å². The first-order valence-corrected chi connectivity index (χ1v) is 7.29. The lowest BCUT2D eigenvalue weighted by molar-refractivity contribution is 0.417. The summed E-state index contributed by atoms with van der Waals surface area (Å²) in [6.45, 7) is 0. The molecule has 0 bridgehead atoms. The molecule has 1 aromatic heterocycles. The van der Waals surface area contributed by atoms with Crippen LogP contribution in [0.25, 0.3) is 10.9 Å². The summed E-state index contributed by atoms with van der Waals surface area (Å²) in [7, 11) is 1.51. The van der Waals surface area contributed by atoms with Crippen molar-refractivity contribution in [2.45, 2.75) is 0 Å². The number of fused-ring (bicyclic) bond motifs is 1. The maximum Gasteiger partial charge on any atom is 0.143 e. The fourth-order valence-corrected chi connectivity index (χ4v) is 2.53. The van der Waals surface area contributed by atoms with Crippen molar-refractivity contribution in [2.24, 2.45) is 0 Å². The van der Waals surface area contributed by atoms with Crippen molar-refractivity contribution in [3.63, 3.8) is 0 Å². The monoisotopic (exact) mass is 414 g/mol. The predicted molar refractivity (Wildman–Crippen MR) is 107 cm³/mol. The van der Waals surface area contributed by atoms with E-state index in [2.05, 4.69) is 16.4 Å². The zero-order valence-electron chi connectivity index (χ0n) is 13.4. The summed E-state index contributed by atoms with van der Waals surface area (Å²) in [6.07, 6.45) is 1.45. The van der Waals surface area contributed by atoms with Crippen molar-refractivity contribution in [1.82, 2.24) is 4.98 Å². The first-order chi connectivity index (χ1) is 11.5. The number of rotatable bonds is 3. The maximum atomic E-state index is 13.3. The summed E-state index contributed by atoms with van der Waals surface area (Å²) in [5, 5.41) is 13.1.